The second-order valence-electron chi connectivity index (χ2n) is 12.0. The molecule has 7 nitrogen and oxygen atoms in total. The summed E-state index contributed by atoms with van der Waals surface area (Å²) < 4.78 is 60.6. The van der Waals surface area contributed by atoms with Gasteiger partial charge >= 0.3 is 12.3 Å². The van der Waals surface area contributed by atoms with Crippen molar-refractivity contribution in [3.8, 4) is 27.6 Å². The lowest BCUT2D eigenvalue weighted by Crippen LogP contribution is -2.25. The molecule has 11 heteroatoms. The average Bonchev–Trinajstić information content (AvgIpc) is 3.62. The van der Waals surface area contributed by atoms with Crippen LogP contribution in [-0.4, -0.2) is 41.1 Å². The zero-order valence-electron chi connectivity index (χ0n) is 24.4. The van der Waals surface area contributed by atoms with Gasteiger partial charge in [0, 0.05) is 47.0 Å². The molecule has 3 heterocycles. The van der Waals surface area contributed by atoms with E-state index in [1.165, 1.54) is 0 Å². The third-order valence-electron chi connectivity index (χ3n) is 8.88. The van der Waals surface area contributed by atoms with Crippen molar-refractivity contribution in [2.45, 2.75) is 76.3 Å². The molecule has 1 saturated heterocycles. The Balaban J connectivity index is 1.30. The summed E-state index contributed by atoms with van der Waals surface area (Å²) in [6.07, 6.45) is 1.68. The Hall–Kier alpha value is -3.57. The van der Waals surface area contributed by atoms with Crippen molar-refractivity contribution in [1.82, 2.24) is 9.55 Å². The number of amides is 1. The van der Waals surface area contributed by atoms with Gasteiger partial charge in [-0.25, -0.2) is 9.78 Å². The van der Waals surface area contributed by atoms with E-state index in [1.807, 2.05) is 37.3 Å². The fourth-order valence-electron chi connectivity index (χ4n) is 6.08. The summed E-state index contributed by atoms with van der Waals surface area (Å²) in [5.74, 6) is 1.16. The highest BCUT2D eigenvalue weighted by atomic mass is 32.1. The minimum Gasteiger partial charge on any atom is -0.490 e. The van der Waals surface area contributed by atoms with Crippen LogP contribution >= 0.6 is 11.3 Å². The molecule has 3 aliphatic rings. The summed E-state index contributed by atoms with van der Waals surface area (Å²) in [6, 6.07) is 13.4. The van der Waals surface area contributed by atoms with Crippen LogP contribution in [0.25, 0.3) is 32.7 Å². The highest BCUT2D eigenvalue weighted by Crippen LogP contribution is 2.49. The standard InChI is InChI=1S/C33H34F3N3O4S/c1-19(20-5-6-20)42-32(40)37-22-9-7-21(8-10-22)30-29(31-38-28(18-44-31)33(34,35)36)26-12-11-25(43-24-13-15-41-16-14-24)17-27(26)39(30)23-3-2-4-23/h7-12,17-20,23-24H,2-6,13-16H2,1H3,(H,37,40). The maximum atomic E-state index is 13.7. The molecule has 0 bridgehead atoms. The number of carbonyl (C=O) groups excluding carboxylic acids is 1. The van der Waals surface area contributed by atoms with Gasteiger partial charge in [-0.1, -0.05) is 12.1 Å². The van der Waals surface area contributed by atoms with Gasteiger partial charge in [-0.15, -0.1) is 11.3 Å². The third-order valence-corrected chi connectivity index (χ3v) is 9.74. The zero-order valence-corrected chi connectivity index (χ0v) is 25.2. The van der Waals surface area contributed by atoms with Gasteiger partial charge in [-0.3, -0.25) is 5.32 Å². The molecule has 4 aromatic rings. The van der Waals surface area contributed by atoms with Crippen LogP contribution in [0, 0.1) is 5.92 Å². The number of nitrogens with zero attached hydrogens (tertiary/aromatic N) is 2. The summed E-state index contributed by atoms with van der Waals surface area (Å²) >= 11 is 0.998. The minimum atomic E-state index is -4.54. The molecule has 232 valence electrons. The van der Waals surface area contributed by atoms with Crippen LogP contribution in [0.15, 0.2) is 47.8 Å². The normalized spacial score (nSPS) is 18.6. The Labute approximate surface area is 257 Å². The van der Waals surface area contributed by atoms with Gasteiger partial charge in [0.1, 0.15) is 23.0 Å². The summed E-state index contributed by atoms with van der Waals surface area (Å²) in [5.41, 5.74) is 2.90. The van der Waals surface area contributed by atoms with Crippen molar-refractivity contribution in [1.29, 1.82) is 0 Å². The molecule has 2 aromatic carbocycles. The molecule has 1 unspecified atom stereocenters. The van der Waals surface area contributed by atoms with Crippen LogP contribution in [0.4, 0.5) is 23.7 Å². The zero-order chi connectivity index (χ0) is 30.4. The summed E-state index contributed by atoms with van der Waals surface area (Å²) in [6.45, 7) is 3.23. The number of hydrogen-bond donors (Lipinski definition) is 1. The van der Waals surface area contributed by atoms with E-state index in [0.29, 0.717) is 35.4 Å². The number of alkyl halides is 3. The lowest BCUT2D eigenvalue weighted by Gasteiger charge is -2.30. The summed E-state index contributed by atoms with van der Waals surface area (Å²) in [5, 5.41) is 5.02. The Morgan fingerprint density at radius 1 is 1.07 bits per heavy atom. The van der Waals surface area contributed by atoms with Crippen molar-refractivity contribution >= 4 is 34.0 Å². The van der Waals surface area contributed by atoms with Crippen LogP contribution in [-0.2, 0) is 15.7 Å². The SMILES string of the molecule is CC(OC(=O)Nc1ccc(-c2c(-c3nc(C(F)(F)F)cs3)c3ccc(OC4CCOCC4)cc3n2C2CCC2)cc1)C1CC1. The number of aromatic nitrogens is 2. The molecule has 1 N–H and O–H groups in total. The fourth-order valence-corrected chi connectivity index (χ4v) is 6.97. The van der Waals surface area contributed by atoms with Gasteiger partial charge in [-0.05, 0) is 74.8 Å². The van der Waals surface area contributed by atoms with E-state index in [2.05, 4.69) is 14.9 Å². The van der Waals surface area contributed by atoms with E-state index < -0.39 is 18.0 Å². The lowest BCUT2D eigenvalue weighted by atomic mass is 9.92. The molecule has 2 aliphatic carbocycles. The predicted octanol–water partition coefficient (Wildman–Crippen LogP) is 9.08. The van der Waals surface area contributed by atoms with Crippen molar-refractivity contribution < 1.29 is 32.2 Å². The van der Waals surface area contributed by atoms with E-state index in [0.717, 1.165) is 89.6 Å². The van der Waals surface area contributed by atoms with Crippen LogP contribution in [0.2, 0.25) is 0 Å². The average molecular weight is 626 g/mol. The summed E-state index contributed by atoms with van der Waals surface area (Å²) in [7, 11) is 0. The van der Waals surface area contributed by atoms with Gasteiger partial charge < -0.3 is 18.8 Å². The molecule has 2 saturated carbocycles. The molecular formula is C33H34F3N3O4S. The molecule has 1 aliphatic heterocycles. The van der Waals surface area contributed by atoms with Gasteiger partial charge in [0.05, 0.1) is 24.4 Å². The number of thiazole rings is 1. The van der Waals surface area contributed by atoms with Crippen molar-refractivity contribution in [2.24, 2.45) is 5.92 Å². The number of benzene rings is 2. The van der Waals surface area contributed by atoms with Crippen molar-refractivity contribution in [3.63, 3.8) is 0 Å². The maximum Gasteiger partial charge on any atom is 0.434 e. The van der Waals surface area contributed by atoms with Gasteiger partial charge in [0.15, 0.2) is 5.69 Å². The predicted molar refractivity (Wildman–Crippen MR) is 163 cm³/mol. The molecule has 1 amide bonds. The molecule has 3 fully saturated rings. The smallest absolute Gasteiger partial charge is 0.434 e. The highest BCUT2D eigenvalue weighted by Gasteiger charge is 2.36. The molecule has 0 spiro atoms. The van der Waals surface area contributed by atoms with Gasteiger partial charge in [0.2, 0.25) is 0 Å². The first-order valence-corrected chi connectivity index (χ1v) is 16.2. The number of rotatable bonds is 8. The topological polar surface area (TPSA) is 74.6 Å². The number of nitrogens with one attached hydrogen (secondary N) is 1. The van der Waals surface area contributed by atoms with E-state index >= 15 is 0 Å². The number of hydrogen-bond acceptors (Lipinski definition) is 6. The largest absolute Gasteiger partial charge is 0.490 e. The Morgan fingerprint density at radius 2 is 1.82 bits per heavy atom. The first kappa shape index (κ1) is 29.2. The first-order valence-electron chi connectivity index (χ1n) is 15.3. The molecule has 2 aromatic heterocycles. The Morgan fingerprint density at radius 3 is 2.45 bits per heavy atom. The van der Waals surface area contributed by atoms with Crippen LogP contribution in [0.5, 0.6) is 5.75 Å². The molecule has 44 heavy (non-hydrogen) atoms. The lowest BCUT2D eigenvalue weighted by molar-refractivity contribution is -0.140. The van der Waals surface area contributed by atoms with E-state index in [-0.39, 0.29) is 18.2 Å². The number of fused-ring (bicyclic) bond motifs is 1. The highest BCUT2D eigenvalue weighted by molar-refractivity contribution is 7.13. The van der Waals surface area contributed by atoms with Gasteiger partial charge in [-0.2, -0.15) is 13.2 Å². The Bertz CT molecular complexity index is 1650. The van der Waals surface area contributed by atoms with Crippen LogP contribution in [0.3, 0.4) is 0 Å². The number of halogens is 3. The second kappa shape index (κ2) is 11.7. The van der Waals surface area contributed by atoms with Gasteiger partial charge in [0.25, 0.3) is 0 Å². The second-order valence-corrected chi connectivity index (χ2v) is 12.8. The third kappa shape index (κ3) is 5.91. The quantitative estimate of drug-likeness (QED) is 0.211. The molecule has 1 atom stereocenters. The minimum absolute atomic E-state index is 0.0551. The van der Waals surface area contributed by atoms with E-state index in [4.69, 9.17) is 14.2 Å². The van der Waals surface area contributed by atoms with Crippen molar-refractivity contribution in [3.05, 3.63) is 53.5 Å². The summed E-state index contributed by atoms with van der Waals surface area (Å²) in [4.78, 5) is 16.5. The molecular weight excluding hydrogens is 591 g/mol. The van der Waals surface area contributed by atoms with E-state index in [1.54, 1.807) is 12.1 Å². The van der Waals surface area contributed by atoms with Crippen molar-refractivity contribution in [2.75, 3.05) is 18.5 Å². The number of anilines is 1. The Kier molecular flexibility index (Phi) is 7.78. The molecule has 7 rings (SSSR count). The van der Waals surface area contributed by atoms with E-state index in [9.17, 15) is 18.0 Å². The van der Waals surface area contributed by atoms with Crippen LogP contribution < -0.4 is 10.1 Å². The monoisotopic (exact) mass is 625 g/mol. The molecule has 0 radical (unpaired) electrons. The fraction of sp³-hybridized carbons (Fsp3) is 0.455. The van der Waals surface area contributed by atoms with Crippen LogP contribution in [0.1, 0.15) is 63.6 Å². The first-order chi connectivity index (χ1) is 21.2. The number of ether oxygens (including phenoxy) is 3. The number of carbonyl (C=O) groups is 1. The maximum absolute atomic E-state index is 13.7.